The van der Waals surface area contributed by atoms with E-state index in [9.17, 15) is 18.8 Å². The molecule has 8 nitrogen and oxygen atoms in total. The van der Waals surface area contributed by atoms with Crippen LogP contribution in [0.3, 0.4) is 0 Å². The molecule has 0 fully saturated rings. The van der Waals surface area contributed by atoms with E-state index < -0.39 is 29.7 Å². The van der Waals surface area contributed by atoms with E-state index in [1.54, 1.807) is 33.8 Å². The molecule has 9 heteroatoms. The summed E-state index contributed by atoms with van der Waals surface area (Å²) in [5, 5.41) is 2.71. The molecule has 0 heterocycles. The fourth-order valence-electron chi connectivity index (χ4n) is 3.08. The van der Waals surface area contributed by atoms with E-state index in [4.69, 9.17) is 15.2 Å². The van der Waals surface area contributed by atoms with Crippen molar-refractivity contribution in [1.82, 2.24) is 5.32 Å². The third-order valence-electron chi connectivity index (χ3n) is 4.91. The number of nitrogens with one attached hydrogen (secondary N) is 1. The smallest absolute Gasteiger partial charge is 0.407 e. The van der Waals surface area contributed by atoms with Crippen molar-refractivity contribution in [3.63, 3.8) is 0 Å². The summed E-state index contributed by atoms with van der Waals surface area (Å²) in [7, 11) is 1.35. The molecular weight excluding hydrogens is 431 g/mol. The number of carbonyl (C=O) groups excluding carboxylic acids is 3. The van der Waals surface area contributed by atoms with Gasteiger partial charge in [-0.2, -0.15) is 0 Å². The van der Waals surface area contributed by atoms with Crippen molar-refractivity contribution in [2.24, 2.45) is 5.73 Å². The summed E-state index contributed by atoms with van der Waals surface area (Å²) in [6.45, 7) is 6.97. The lowest BCUT2D eigenvalue weighted by Gasteiger charge is -2.27. The summed E-state index contributed by atoms with van der Waals surface area (Å²) in [4.78, 5) is 34.5. The lowest BCUT2D eigenvalue weighted by molar-refractivity contribution is -0.140. The van der Waals surface area contributed by atoms with E-state index in [1.165, 1.54) is 13.2 Å². The van der Waals surface area contributed by atoms with Gasteiger partial charge in [0.25, 0.3) is 0 Å². The maximum atomic E-state index is 14.5. The number of amides is 2. The molecule has 0 aliphatic rings. The number of benzene rings is 1. The Kier molecular flexibility index (Phi) is 11.8. The van der Waals surface area contributed by atoms with E-state index in [-0.39, 0.29) is 31.2 Å². The van der Waals surface area contributed by atoms with Crippen molar-refractivity contribution >= 4 is 18.0 Å². The second-order valence-corrected chi connectivity index (χ2v) is 8.98. The summed E-state index contributed by atoms with van der Waals surface area (Å²) < 4.78 is 30.2. The second kappa shape index (κ2) is 13.8. The standard InChI is InChI=1S/C24H37FN2O6/c1-16(20(12-13-21(26)28)27-23(30)33-24(2,3)4)32-15-18-11-10-17(14-19(18)25)8-6-7-9-22(29)31-5/h10-11,14,16,20H,6-9,12-13,15H2,1-5H3,(H2,26,28)(H,27,30)/t16-,20+/m1/s1. The number of esters is 1. The number of rotatable bonds is 13. The van der Waals surface area contributed by atoms with Crippen molar-refractivity contribution in [3.05, 3.63) is 35.1 Å². The Bertz CT molecular complexity index is 794. The third kappa shape index (κ3) is 12.2. The summed E-state index contributed by atoms with van der Waals surface area (Å²) >= 11 is 0. The molecule has 3 N–H and O–H groups in total. The minimum Gasteiger partial charge on any atom is -0.469 e. The highest BCUT2D eigenvalue weighted by Crippen LogP contribution is 2.17. The first-order valence-electron chi connectivity index (χ1n) is 11.1. The fourth-order valence-corrected chi connectivity index (χ4v) is 3.08. The molecule has 0 aromatic heterocycles. The number of methoxy groups -OCH3 is 1. The first-order valence-corrected chi connectivity index (χ1v) is 11.1. The minimum atomic E-state index is -0.674. The summed E-state index contributed by atoms with van der Waals surface area (Å²) in [6, 6.07) is 4.42. The highest BCUT2D eigenvalue weighted by molar-refractivity contribution is 5.74. The topological polar surface area (TPSA) is 117 Å². The number of nitrogens with two attached hydrogens (primary N) is 1. The molecular formula is C24H37FN2O6. The first kappa shape index (κ1) is 28.4. The van der Waals surface area contributed by atoms with Gasteiger partial charge in [-0.15, -0.1) is 0 Å². The van der Waals surface area contributed by atoms with Crippen LogP contribution in [-0.4, -0.2) is 42.8 Å². The zero-order valence-electron chi connectivity index (χ0n) is 20.2. The number of alkyl carbamates (subject to hydrolysis) is 1. The van der Waals surface area contributed by atoms with Gasteiger partial charge in [0.05, 0.1) is 25.9 Å². The molecule has 0 aliphatic heterocycles. The molecule has 0 bridgehead atoms. The number of hydrogen-bond donors (Lipinski definition) is 2. The van der Waals surface area contributed by atoms with Gasteiger partial charge in [-0.3, -0.25) is 9.59 Å². The quantitative estimate of drug-likeness (QED) is 0.336. The molecule has 2 amide bonds. The lowest BCUT2D eigenvalue weighted by Crippen LogP contribution is -2.45. The molecule has 1 rings (SSSR count). The first-order chi connectivity index (χ1) is 15.4. The molecule has 0 saturated carbocycles. The predicted octanol–water partition coefficient (Wildman–Crippen LogP) is 3.78. The third-order valence-corrected chi connectivity index (χ3v) is 4.91. The number of hydrogen-bond acceptors (Lipinski definition) is 6. The van der Waals surface area contributed by atoms with Crippen LogP contribution in [0, 0.1) is 5.82 Å². The zero-order chi connectivity index (χ0) is 25.0. The van der Waals surface area contributed by atoms with E-state index in [0.29, 0.717) is 24.8 Å². The molecule has 0 radical (unpaired) electrons. The molecule has 1 aromatic carbocycles. The van der Waals surface area contributed by atoms with Gasteiger partial charge in [0.2, 0.25) is 5.91 Å². The summed E-state index contributed by atoms with van der Waals surface area (Å²) in [6.07, 6.45) is 1.60. The Balaban J connectivity index is 2.65. The largest absolute Gasteiger partial charge is 0.469 e. The molecule has 186 valence electrons. The number of unbranched alkanes of at least 4 members (excludes halogenated alkanes) is 1. The molecule has 1 aromatic rings. The number of aryl methyl sites for hydroxylation is 1. The molecule has 0 spiro atoms. The van der Waals surface area contributed by atoms with E-state index in [1.807, 2.05) is 6.07 Å². The van der Waals surface area contributed by atoms with Gasteiger partial charge in [0.15, 0.2) is 0 Å². The zero-order valence-corrected chi connectivity index (χ0v) is 20.2. The van der Waals surface area contributed by atoms with Crippen LogP contribution in [0.5, 0.6) is 0 Å². The van der Waals surface area contributed by atoms with Crippen molar-refractivity contribution in [2.45, 2.75) is 90.6 Å². The molecule has 0 saturated heterocycles. The van der Waals surface area contributed by atoms with E-state index >= 15 is 0 Å². The summed E-state index contributed by atoms with van der Waals surface area (Å²) in [5.41, 5.74) is 5.78. The number of halogens is 1. The fraction of sp³-hybridized carbons (Fsp3) is 0.625. The van der Waals surface area contributed by atoms with Gasteiger partial charge >= 0.3 is 12.1 Å². The van der Waals surface area contributed by atoms with Crippen LogP contribution in [-0.2, 0) is 36.8 Å². The number of primary amides is 1. The van der Waals surface area contributed by atoms with Crippen LogP contribution in [0.4, 0.5) is 9.18 Å². The predicted molar refractivity (Wildman–Crippen MR) is 122 cm³/mol. The Morgan fingerprint density at radius 2 is 1.85 bits per heavy atom. The lowest BCUT2D eigenvalue weighted by atomic mass is 10.0. The van der Waals surface area contributed by atoms with E-state index in [2.05, 4.69) is 10.1 Å². The van der Waals surface area contributed by atoms with Gasteiger partial charge < -0.3 is 25.3 Å². The van der Waals surface area contributed by atoms with Crippen LogP contribution in [0.1, 0.15) is 70.9 Å². The molecule has 2 atom stereocenters. The second-order valence-electron chi connectivity index (χ2n) is 8.98. The monoisotopic (exact) mass is 468 g/mol. The average Bonchev–Trinajstić information content (AvgIpc) is 2.71. The van der Waals surface area contributed by atoms with Crippen molar-refractivity contribution in [1.29, 1.82) is 0 Å². The van der Waals surface area contributed by atoms with Gasteiger partial charge in [-0.1, -0.05) is 12.1 Å². The van der Waals surface area contributed by atoms with Gasteiger partial charge in [-0.05, 0) is 65.0 Å². The molecule has 33 heavy (non-hydrogen) atoms. The Labute approximate surface area is 195 Å². The van der Waals surface area contributed by atoms with Crippen LogP contribution in [0.2, 0.25) is 0 Å². The normalized spacial score (nSPS) is 13.2. The summed E-state index contributed by atoms with van der Waals surface area (Å²) in [5.74, 6) is -1.13. The van der Waals surface area contributed by atoms with Gasteiger partial charge in [0.1, 0.15) is 11.4 Å². The number of ether oxygens (including phenoxy) is 3. The minimum absolute atomic E-state index is 0.00130. The van der Waals surface area contributed by atoms with Gasteiger partial charge in [-0.25, -0.2) is 9.18 Å². The highest BCUT2D eigenvalue weighted by atomic mass is 19.1. The van der Waals surface area contributed by atoms with Crippen molar-refractivity contribution < 1.29 is 33.0 Å². The number of carbonyl (C=O) groups is 3. The van der Waals surface area contributed by atoms with Crippen LogP contribution in [0.15, 0.2) is 18.2 Å². The van der Waals surface area contributed by atoms with Crippen molar-refractivity contribution in [3.8, 4) is 0 Å². The van der Waals surface area contributed by atoms with Crippen LogP contribution >= 0.6 is 0 Å². The van der Waals surface area contributed by atoms with E-state index in [0.717, 1.165) is 12.0 Å². The van der Waals surface area contributed by atoms with Crippen LogP contribution < -0.4 is 11.1 Å². The Morgan fingerprint density at radius 1 is 1.15 bits per heavy atom. The SMILES string of the molecule is COC(=O)CCCCc1ccc(CO[C@H](C)[C@H](CCC(N)=O)NC(=O)OC(C)(C)C)c(F)c1. The average molecular weight is 469 g/mol. The maximum absolute atomic E-state index is 14.5. The molecule has 0 unspecified atom stereocenters. The maximum Gasteiger partial charge on any atom is 0.407 e. The van der Waals surface area contributed by atoms with Crippen LogP contribution in [0.25, 0.3) is 0 Å². The Morgan fingerprint density at radius 3 is 2.42 bits per heavy atom. The molecule has 0 aliphatic carbocycles. The van der Waals surface area contributed by atoms with Gasteiger partial charge in [0, 0.05) is 18.4 Å². The highest BCUT2D eigenvalue weighted by Gasteiger charge is 2.24. The van der Waals surface area contributed by atoms with Crippen molar-refractivity contribution in [2.75, 3.05) is 7.11 Å². The Hall–Kier alpha value is -2.68.